The van der Waals surface area contributed by atoms with Gasteiger partial charge < -0.3 is 15.0 Å². The maximum atomic E-state index is 11.7. The second-order valence-corrected chi connectivity index (χ2v) is 5.76. The first-order chi connectivity index (χ1) is 11.2. The highest BCUT2D eigenvalue weighted by Gasteiger charge is 2.27. The molecule has 0 bridgehead atoms. The van der Waals surface area contributed by atoms with Gasteiger partial charge in [0.1, 0.15) is 6.04 Å². The number of nitrogens with zero attached hydrogens (tertiary/aromatic N) is 3. The summed E-state index contributed by atoms with van der Waals surface area (Å²) < 4.78 is 6.83. The van der Waals surface area contributed by atoms with Gasteiger partial charge in [0.15, 0.2) is 5.82 Å². The van der Waals surface area contributed by atoms with Gasteiger partial charge in [0.2, 0.25) is 0 Å². The molecule has 2 aromatic rings. The first-order valence-electron chi connectivity index (χ1n) is 7.82. The number of methoxy groups -OCH3 is 1. The number of benzene rings is 1. The van der Waals surface area contributed by atoms with Crippen LogP contribution in [0, 0.1) is 6.92 Å². The summed E-state index contributed by atoms with van der Waals surface area (Å²) in [4.78, 5) is 13.9. The van der Waals surface area contributed by atoms with Crippen LogP contribution in [0.1, 0.15) is 11.3 Å². The molecular formula is C17H22N4O2. The largest absolute Gasteiger partial charge is 0.468 e. The predicted octanol–water partition coefficient (Wildman–Crippen LogP) is 1.19. The van der Waals surface area contributed by atoms with Crippen LogP contribution >= 0.6 is 0 Å². The first-order valence-corrected chi connectivity index (χ1v) is 7.82. The van der Waals surface area contributed by atoms with E-state index in [9.17, 15) is 4.79 Å². The fourth-order valence-corrected chi connectivity index (χ4v) is 2.82. The SMILES string of the molecule is COC(=O)C1CN(c2cc(C)n(Cc3ccccc3)n2)CCN1. The maximum absolute atomic E-state index is 11.7. The van der Waals surface area contributed by atoms with Crippen molar-refractivity contribution < 1.29 is 9.53 Å². The standard InChI is InChI=1S/C17H22N4O2/c1-13-10-16(19-21(13)11-14-6-4-3-5-7-14)20-9-8-18-15(12-20)17(22)23-2/h3-7,10,15,18H,8-9,11-12H2,1-2H3. The quantitative estimate of drug-likeness (QED) is 0.859. The second kappa shape index (κ2) is 6.83. The van der Waals surface area contributed by atoms with Crippen LogP contribution < -0.4 is 10.2 Å². The fraction of sp³-hybridized carbons (Fsp3) is 0.412. The summed E-state index contributed by atoms with van der Waals surface area (Å²) in [5, 5.41) is 7.89. The van der Waals surface area contributed by atoms with E-state index < -0.39 is 0 Å². The van der Waals surface area contributed by atoms with Gasteiger partial charge in [-0.2, -0.15) is 5.10 Å². The Balaban J connectivity index is 1.73. The monoisotopic (exact) mass is 314 g/mol. The molecule has 1 aliphatic heterocycles. The highest BCUT2D eigenvalue weighted by Crippen LogP contribution is 2.17. The molecule has 1 aromatic heterocycles. The van der Waals surface area contributed by atoms with E-state index in [0.717, 1.165) is 31.1 Å². The number of aromatic nitrogens is 2. The van der Waals surface area contributed by atoms with Crippen molar-refractivity contribution in [1.29, 1.82) is 0 Å². The minimum absolute atomic E-state index is 0.227. The zero-order valence-corrected chi connectivity index (χ0v) is 13.5. The molecule has 1 atom stereocenters. The van der Waals surface area contributed by atoms with Crippen LogP contribution in [-0.2, 0) is 16.1 Å². The first kappa shape index (κ1) is 15.6. The number of rotatable bonds is 4. The Morgan fingerprint density at radius 3 is 2.91 bits per heavy atom. The number of aryl methyl sites for hydroxylation is 1. The Bertz CT molecular complexity index is 668. The molecule has 0 saturated carbocycles. The zero-order chi connectivity index (χ0) is 16.2. The van der Waals surface area contributed by atoms with Gasteiger partial charge in [-0.15, -0.1) is 0 Å². The van der Waals surface area contributed by atoms with Crippen molar-refractivity contribution in [2.24, 2.45) is 0 Å². The highest BCUT2D eigenvalue weighted by molar-refractivity contribution is 5.76. The summed E-state index contributed by atoms with van der Waals surface area (Å²) in [5.41, 5.74) is 2.33. The van der Waals surface area contributed by atoms with E-state index in [-0.39, 0.29) is 12.0 Å². The molecule has 1 saturated heterocycles. The van der Waals surface area contributed by atoms with Crippen LogP contribution in [0.3, 0.4) is 0 Å². The highest BCUT2D eigenvalue weighted by atomic mass is 16.5. The predicted molar refractivity (Wildman–Crippen MR) is 88.5 cm³/mol. The number of piperazine rings is 1. The molecule has 1 aromatic carbocycles. The van der Waals surface area contributed by atoms with Crippen LogP contribution in [0.25, 0.3) is 0 Å². The van der Waals surface area contributed by atoms with Crippen LogP contribution in [0.4, 0.5) is 5.82 Å². The van der Waals surface area contributed by atoms with Gasteiger partial charge in [-0.3, -0.25) is 9.48 Å². The smallest absolute Gasteiger partial charge is 0.324 e. The van der Waals surface area contributed by atoms with E-state index >= 15 is 0 Å². The number of carbonyl (C=O) groups excluding carboxylic acids is 1. The summed E-state index contributed by atoms with van der Waals surface area (Å²) in [7, 11) is 1.42. The molecule has 0 radical (unpaired) electrons. The molecule has 1 unspecified atom stereocenters. The lowest BCUT2D eigenvalue weighted by molar-refractivity contribution is -0.143. The molecule has 6 nitrogen and oxygen atoms in total. The number of hydrogen-bond donors (Lipinski definition) is 1. The molecule has 1 N–H and O–H groups in total. The third kappa shape index (κ3) is 3.53. The number of esters is 1. The summed E-state index contributed by atoms with van der Waals surface area (Å²) in [6.07, 6.45) is 0. The molecule has 6 heteroatoms. The molecule has 23 heavy (non-hydrogen) atoms. The van der Waals surface area contributed by atoms with Gasteiger partial charge >= 0.3 is 5.97 Å². The Kier molecular flexibility index (Phi) is 4.62. The molecule has 3 rings (SSSR count). The molecule has 0 aliphatic carbocycles. The molecule has 1 aliphatic rings. The van der Waals surface area contributed by atoms with Crippen molar-refractivity contribution in [3.05, 3.63) is 47.7 Å². The molecule has 1 fully saturated rings. The van der Waals surface area contributed by atoms with Crippen molar-refractivity contribution in [1.82, 2.24) is 15.1 Å². The molecule has 0 spiro atoms. The van der Waals surface area contributed by atoms with E-state index in [2.05, 4.69) is 35.3 Å². The van der Waals surface area contributed by atoms with E-state index in [1.807, 2.05) is 22.9 Å². The van der Waals surface area contributed by atoms with Gasteiger partial charge in [0, 0.05) is 31.4 Å². The van der Waals surface area contributed by atoms with E-state index in [0.29, 0.717) is 6.54 Å². The van der Waals surface area contributed by atoms with Gasteiger partial charge in [-0.25, -0.2) is 0 Å². The van der Waals surface area contributed by atoms with Crippen molar-refractivity contribution in [3.63, 3.8) is 0 Å². The fourth-order valence-electron chi connectivity index (χ4n) is 2.82. The number of hydrogen-bond acceptors (Lipinski definition) is 5. The summed E-state index contributed by atoms with van der Waals surface area (Å²) >= 11 is 0. The second-order valence-electron chi connectivity index (χ2n) is 5.76. The summed E-state index contributed by atoms with van der Waals surface area (Å²) in [6.45, 7) is 4.95. The van der Waals surface area contributed by atoms with Crippen molar-refractivity contribution in [3.8, 4) is 0 Å². The average molecular weight is 314 g/mol. The van der Waals surface area contributed by atoms with E-state index in [4.69, 9.17) is 9.84 Å². The number of anilines is 1. The van der Waals surface area contributed by atoms with Crippen LogP contribution in [0.5, 0.6) is 0 Å². The van der Waals surface area contributed by atoms with E-state index in [1.165, 1.54) is 12.7 Å². The van der Waals surface area contributed by atoms with Crippen molar-refractivity contribution in [2.75, 3.05) is 31.6 Å². The Hall–Kier alpha value is -2.34. The minimum Gasteiger partial charge on any atom is -0.468 e. The number of nitrogens with one attached hydrogen (secondary N) is 1. The molecule has 122 valence electrons. The molecular weight excluding hydrogens is 292 g/mol. The normalized spacial score (nSPS) is 18.0. The van der Waals surface area contributed by atoms with Gasteiger partial charge in [-0.05, 0) is 12.5 Å². The molecule has 0 amide bonds. The lowest BCUT2D eigenvalue weighted by atomic mass is 10.2. The van der Waals surface area contributed by atoms with Crippen LogP contribution in [0.2, 0.25) is 0 Å². The topological polar surface area (TPSA) is 59.4 Å². The van der Waals surface area contributed by atoms with Gasteiger partial charge in [0.25, 0.3) is 0 Å². The van der Waals surface area contributed by atoms with Crippen molar-refractivity contribution in [2.45, 2.75) is 19.5 Å². The zero-order valence-electron chi connectivity index (χ0n) is 13.5. The molecule has 2 heterocycles. The number of carbonyl (C=O) groups is 1. The van der Waals surface area contributed by atoms with Crippen molar-refractivity contribution >= 4 is 11.8 Å². The maximum Gasteiger partial charge on any atom is 0.324 e. The van der Waals surface area contributed by atoms with Crippen LogP contribution in [-0.4, -0.2) is 48.5 Å². The number of ether oxygens (including phenoxy) is 1. The third-order valence-electron chi connectivity index (χ3n) is 4.13. The Morgan fingerprint density at radius 1 is 1.39 bits per heavy atom. The van der Waals surface area contributed by atoms with Gasteiger partial charge in [-0.1, -0.05) is 30.3 Å². The van der Waals surface area contributed by atoms with Gasteiger partial charge in [0.05, 0.1) is 13.7 Å². The Morgan fingerprint density at radius 2 is 2.17 bits per heavy atom. The minimum atomic E-state index is -0.298. The summed E-state index contributed by atoms with van der Waals surface area (Å²) in [5.74, 6) is 0.684. The van der Waals surface area contributed by atoms with Crippen LogP contribution in [0.15, 0.2) is 36.4 Å². The van der Waals surface area contributed by atoms with E-state index in [1.54, 1.807) is 0 Å². The average Bonchev–Trinajstić information content (AvgIpc) is 2.96. The Labute approximate surface area is 136 Å². The summed E-state index contributed by atoms with van der Waals surface area (Å²) in [6, 6.07) is 12.0. The lowest BCUT2D eigenvalue weighted by Crippen LogP contribution is -2.54. The third-order valence-corrected chi connectivity index (χ3v) is 4.13. The lowest BCUT2D eigenvalue weighted by Gasteiger charge is -2.32.